The Morgan fingerprint density at radius 1 is 1.15 bits per heavy atom. The fourth-order valence-electron chi connectivity index (χ4n) is 8.57. The van der Waals surface area contributed by atoms with E-state index in [0.29, 0.717) is 23.1 Å². The quantitative estimate of drug-likeness (QED) is 0.166. The Morgan fingerprint density at radius 3 is 2.48 bits per heavy atom. The maximum absolute atomic E-state index is 14.6. The molecule has 282 valence electrons. The first-order chi connectivity index (χ1) is 24.6. The van der Waals surface area contributed by atoms with Crippen LogP contribution in [0.2, 0.25) is 0 Å². The van der Waals surface area contributed by atoms with Gasteiger partial charge in [0, 0.05) is 68.6 Å². The first-order valence-corrected chi connectivity index (χ1v) is 18.0. The molecule has 2 bridgehead atoms. The molecule has 6 rings (SSSR count). The number of carbonyl (C=O) groups excluding carboxylic acids is 3. The van der Waals surface area contributed by atoms with E-state index in [1.165, 1.54) is 11.3 Å². The van der Waals surface area contributed by atoms with Crippen molar-refractivity contribution in [2.24, 2.45) is 34.2 Å². The zero-order valence-electron chi connectivity index (χ0n) is 32.0. The summed E-state index contributed by atoms with van der Waals surface area (Å²) in [4.78, 5) is 52.9. The first kappa shape index (κ1) is 38.7. The van der Waals surface area contributed by atoms with E-state index in [0.717, 1.165) is 28.8 Å². The molecule has 4 aliphatic rings. The van der Waals surface area contributed by atoms with Crippen molar-refractivity contribution in [3.63, 3.8) is 0 Å². The summed E-state index contributed by atoms with van der Waals surface area (Å²) in [6.45, 7) is 8.66. The minimum Gasteiger partial charge on any atom is -0.496 e. The van der Waals surface area contributed by atoms with Crippen molar-refractivity contribution in [2.75, 3.05) is 53.8 Å². The normalized spacial score (nSPS) is 26.6. The van der Waals surface area contributed by atoms with Gasteiger partial charge in [-0.15, -0.1) is 0 Å². The highest BCUT2D eigenvalue weighted by molar-refractivity contribution is 5.97. The van der Waals surface area contributed by atoms with Crippen LogP contribution in [0.4, 0.5) is 10.5 Å². The number of hydroxylamine groups is 2. The fourth-order valence-corrected chi connectivity index (χ4v) is 8.57. The van der Waals surface area contributed by atoms with Gasteiger partial charge >= 0.3 is 6.09 Å². The maximum Gasteiger partial charge on any atom is 0.409 e. The van der Waals surface area contributed by atoms with Crippen LogP contribution in [0.15, 0.2) is 41.5 Å². The number of rotatable bonds is 12. The molecule has 14 heteroatoms. The van der Waals surface area contributed by atoms with Crippen LogP contribution in [0.25, 0.3) is 21.6 Å². The molecule has 4 fully saturated rings. The molecule has 52 heavy (non-hydrogen) atoms. The van der Waals surface area contributed by atoms with Gasteiger partial charge in [-0.05, 0) is 72.2 Å². The molecule has 1 saturated heterocycles. The highest BCUT2D eigenvalue weighted by atomic mass is 16.7. The van der Waals surface area contributed by atoms with Crippen LogP contribution in [0, 0.1) is 29.1 Å². The van der Waals surface area contributed by atoms with Gasteiger partial charge in [-0.1, -0.05) is 44.1 Å². The molecule has 2 N–H and O–H groups in total. The van der Waals surface area contributed by atoms with E-state index in [1.54, 1.807) is 40.2 Å². The van der Waals surface area contributed by atoms with Crippen molar-refractivity contribution in [1.29, 1.82) is 0 Å². The van der Waals surface area contributed by atoms with E-state index in [2.05, 4.69) is 41.4 Å². The predicted molar refractivity (Wildman–Crippen MR) is 199 cm³/mol. The molecule has 0 radical (unpaired) electrons. The lowest BCUT2D eigenvalue weighted by molar-refractivity contribution is -0.175. The topological polar surface area (TPSA) is 161 Å². The fraction of sp³-hybridized carbons (Fsp3) is 0.605. The Balaban J connectivity index is 1.54. The molecule has 8 atom stereocenters. The number of ether oxygens (including phenoxy) is 2. The van der Waals surface area contributed by atoms with E-state index in [-0.39, 0.29) is 42.3 Å². The van der Waals surface area contributed by atoms with Gasteiger partial charge < -0.3 is 29.9 Å². The number of para-hydroxylation sites is 1. The number of amides is 3. The van der Waals surface area contributed by atoms with E-state index in [1.807, 2.05) is 55.4 Å². The van der Waals surface area contributed by atoms with Crippen LogP contribution >= 0.6 is 0 Å². The smallest absolute Gasteiger partial charge is 0.409 e. The van der Waals surface area contributed by atoms with Crippen molar-refractivity contribution in [3.05, 3.63) is 58.0 Å². The number of hydrogen-bond acceptors (Lipinski definition) is 9. The summed E-state index contributed by atoms with van der Waals surface area (Å²) < 4.78 is 11.9. The van der Waals surface area contributed by atoms with Gasteiger partial charge in [0.15, 0.2) is 0 Å². The zero-order valence-corrected chi connectivity index (χ0v) is 32.0. The molecule has 0 aromatic heterocycles. The molecular weight excluding hydrogens is 664 g/mol. The third kappa shape index (κ3) is 7.51. The average Bonchev–Trinajstić information content (AvgIpc) is 3.48. The summed E-state index contributed by atoms with van der Waals surface area (Å²) in [6, 6.07) is 10.4. The largest absolute Gasteiger partial charge is 0.496 e. The summed E-state index contributed by atoms with van der Waals surface area (Å²) >= 11 is 0. The molecule has 3 saturated carbocycles. The highest BCUT2D eigenvalue weighted by Crippen LogP contribution is 2.61. The van der Waals surface area contributed by atoms with Gasteiger partial charge in [-0.2, -0.15) is 5.06 Å². The van der Waals surface area contributed by atoms with Gasteiger partial charge in [-0.3, -0.25) is 14.4 Å². The third-order valence-corrected chi connectivity index (χ3v) is 11.7. The summed E-state index contributed by atoms with van der Waals surface area (Å²) in [5.74, 6) is 0.772. The Labute approximate surface area is 306 Å². The second kappa shape index (κ2) is 15.6. The minimum absolute atomic E-state index is 0.0149. The molecule has 14 nitrogen and oxygen atoms in total. The SMILES string of the molecule is CNC(=O)c1cc(-c2cccc(CN3O[C@@H](CN=[N+]=[N-])[C@@H]([C@H](C)OC(=O)N(C)C)[C@H]3C(=O)N[C@H]3C[C@@H]4C[C@H]([C@@H]3C)C4(C)C)c2OC)cc(N(C)C)c1. The van der Waals surface area contributed by atoms with Crippen LogP contribution in [-0.4, -0.2) is 101 Å². The van der Waals surface area contributed by atoms with E-state index >= 15 is 0 Å². The molecule has 3 aliphatic carbocycles. The third-order valence-electron chi connectivity index (χ3n) is 11.7. The number of carbonyl (C=O) groups is 3. The number of nitrogens with zero attached hydrogens (tertiary/aromatic N) is 6. The molecule has 3 amide bonds. The van der Waals surface area contributed by atoms with E-state index in [4.69, 9.17) is 14.3 Å². The Hall–Kier alpha value is -4.52. The van der Waals surface area contributed by atoms with Crippen molar-refractivity contribution in [3.8, 4) is 16.9 Å². The van der Waals surface area contributed by atoms with Gasteiger partial charge in [0.1, 0.15) is 17.9 Å². The van der Waals surface area contributed by atoms with Crippen molar-refractivity contribution >= 4 is 23.6 Å². The summed E-state index contributed by atoms with van der Waals surface area (Å²) in [7, 11) is 10.2. The van der Waals surface area contributed by atoms with Crippen molar-refractivity contribution < 1.29 is 28.7 Å². The Morgan fingerprint density at radius 2 is 1.88 bits per heavy atom. The minimum atomic E-state index is -0.896. The summed E-state index contributed by atoms with van der Waals surface area (Å²) in [6.07, 6.45) is -0.0147. The summed E-state index contributed by atoms with van der Waals surface area (Å²) in [5.41, 5.74) is 13.1. The molecule has 1 aliphatic heterocycles. The number of azide groups is 1. The summed E-state index contributed by atoms with van der Waals surface area (Å²) in [5, 5.41) is 11.5. The lowest BCUT2D eigenvalue weighted by atomic mass is 9.45. The molecule has 2 aromatic carbocycles. The second-order valence-electron chi connectivity index (χ2n) is 15.4. The van der Waals surface area contributed by atoms with Gasteiger partial charge in [0.2, 0.25) is 5.91 Å². The number of methoxy groups -OCH3 is 1. The van der Waals surface area contributed by atoms with Gasteiger partial charge in [0.25, 0.3) is 5.91 Å². The van der Waals surface area contributed by atoms with Gasteiger partial charge in [-0.25, -0.2) is 4.79 Å². The van der Waals surface area contributed by atoms with Crippen molar-refractivity contribution in [1.82, 2.24) is 20.6 Å². The Kier molecular flexibility index (Phi) is 11.6. The van der Waals surface area contributed by atoms with Crippen LogP contribution in [0.1, 0.15) is 56.5 Å². The maximum atomic E-state index is 14.6. The molecule has 0 unspecified atom stereocenters. The first-order valence-electron chi connectivity index (χ1n) is 18.0. The molecule has 0 spiro atoms. The van der Waals surface area contributed by atoms with Crippen LogP contribution in [0.5, 0.6) is 5.75 Å². The average molecular weight is 719 g/mol. The van der Waals surface area contributed by atoms with E-state index in [9.17, 15) is 19.9 Å². The lowest BCUT2D eigenvalue weighted by Crippen LogP contribution is -2.62. The Bertz CT molecular complexity index is 1710. The number of benzene rings is 2. The zero-order chi connectivity index (χ0) is 38.1. The van der Waals surface area contributed by atoms with Gasteiger partial charge in [0.05, 0.1) is 32.2 Å². The molecule has 1 heterocycles. The number of nitrogens with one attached hydrogen (secondary N) is 2. The molecular formula is C38H54N8O6. The number of anilines is 1. The second-order valence-corrected chi connectivity index (χ2v) is 15.4. The van der Waals surface area contributed by atoms with Crippen LogP contribution < -0.4 is 20.3 Å². The molecule has 2 aromatic rings. The number of fused-ring (bicyclic) bond motifs is 2. The highest BCUT2D eigenvalue weighted by Gasteiger charge is 2.57. The van der Waals surface area contributed by atoms with Crippen LogP contribution in [-0.2, 0) is 20.9 Å². The van der Waals surface area contributed by atoms with Crippen LogP contribution in [0.3, 0.4) is 0 Å². The number of hydrogen-bond donors (Lipinski definition) is 2. The van der Waals surface area contributed by atoms with E-state index < -0.39 is 30.3 Å². The standard InChI is InChI=1S/C38H54N8O6/c1-21-29-17-26(38(29,3)4)18-30(21)42-36(48)33-32(22(2)51-37(49)45(8)9)31(19-41-43-39)52-46(33)20-23-12-11-13-28(34(23)50-10)24-14-25(35(47)40-5)16-27(15-24)44(6)7/h11-16,21-22,26,29-33H,17-20H2,1-10H3,(H,40,47)(H,42,48)/t21-,22-,26-,29+,30-,31-,32+,33-/m0/s1. The lowest BCUT2D eigenvalue weighted by Gasteiger charge is -2.62. The van der Waals surface area contributed by atoms with Crippen molar-refractivity contribution in [2.45, 2.75) is 71.4 Å². The monoisotopic (exact) mass is 718 g/mol. The predicted octanol–water partition coefficient (Wildman–Crippen LogP) is 5.47.